The zero-order valence-corrected chi connectivity index (χ0v) is 52.6. The summed E-state index contributed by atoms with van der Waals surface area (Å²) >= 11 is 0. The van der Waals surface area contributed by atoms with Crippen LogP contribution in [0, 0.1) is 0 Å². The lowest BCUT2D eigenvalue weighted by atomic mass is 10.0. The van der Waals surface area contributed by atoms with E-state index in [0.717, 1.165) is 96.3 Å². The topological polar surface area (TPSA) is 78.9 Å². The molecule has 0 rings (SSSR count). The molecular formula is C73H130O6. The van der Waals surface area contributed by atoms with Gasteiger partial charge in [0.15, 0.2) is 6.10 Å². The Kier molecular flexibility index (Phi) is 64.7. The summed E-state index contributed by atoms with van der Waals surface area (Å²) in [5.74, 6) is -0.876. The number of ether oxygens (including phenoxy) is 3. The first-order valence-electron chi connectivity index (χ1n) is 34.4. The standard InChI is InChI=1S/C73H130O6/c1-4-7-10-13-16-19-21-23-25-27-29-31-32-33-34-35-36-37-38-39-40-42-43-45-47-49-51-54-57-60-63-66-72(75)78-69-70(68-77-71(74)65-62-59-56-53-18-15-12-9-6-3)79-73(76)67-64-61-58-55-52-50-48-46-44-41-30-28-26-24-22-20-17-14-11-8-5-2/h21-24,27-30,32-33,44,46,70H,4-20,25-26,31,34-43,45,47-69H2,1-3H3/b23-21-,24-22-,29-27-,30-28-,33-32-,46-44-. The van der Waals surface area contributed by atoms with Crippen molar-refractivity contribution in [2.24, 2.45) is 0 Å². The van der Waals surface area contributed by atoms with Crippen LogP contribution in [-0.4, -0.2) is 37.2 Å². The average molecular weight is 1100 g/mol. The number of hydrogen-bond donors (Lipinski definition) is 0. The highest BCUT2D eigenvalue weighted by atomic mass is 16.6. The van der Waals surface area contributed by atoms with Gasteiger partial charge in [0.2, 0.25) is 0 Å². The maximum Gasteiger partial charge on any atom is 0.306 e. The van der Waals surface area contributed by atoms with Gasteiger partial charge in [-0.3, -0.25) is 14.4 Å². The van der Waals surface area contributed by atoms with E-state index >= 15 is 0 Å². The van der Waals surface area contributed by atoms with Crippen molar-refractivity contribution < 1.29 is 28.6 Å². The average Bonchev–Trinajstić information content (AvgIpc) is 3.45. The molecule has 0 amide bonds. The Morgan fingerprint density at radius 1 is 0.253 bits per heavy atom. The normalized spacial score (nSPS) is 12.5. The fourth-order valence-electron chi connectivity index (χ4n) is 9.99. The summed E-state index contributed by atoms with van der Waals surface area (Å²) in [5, 5.41) is 0. The number of unbranched alkanes of at least 4 members (excludes halogenated alkanes) is 40. The zero-order valence-electron chi connectivity index (χ0n) is 52.6. The van der Waals surface area contributed by atoms with Crippen molar-refractivity contribution in [3.05, 3.63) is 72.9 Å². The van der Waals surface area contributed by atoms with Crippen LogP contribution in [0.4, 0.5) is 0 Å². The Hall–Kier alpha value is -3.15. The molecule has 0 radical (unpaired) electrons. The van der Waals surface area contributed by atoms with Crippen molar-refractivity contribution in [1.29, 1.82) is 0 Å². The molecule has 0 heterocycles. The van der Waals surface area contributed by atoms with Gasteiger partial charge in [-0.05, 0) is 96.3 Å². The molecule has 0 aromatic heterocycles. The highest BCUT2D eigenvalue weighted by molar-refractivity contribution is 5.71. The van der Waals surface area contributed by atoms with Gasteiger partial charge in [-0.2, -0.15) is 0 Å². The quantitative estimate of drug-likeness (QED) is 0.0261. The number of allylic oxidation sites excluding steroid dienone is 12. The van der Waals surface area contributed by atoms with Crippen molar-refractivity contribution >= 4 is 17.9 Å². The van der Waals surface area contributed by atoms with Gasteiger partial charge in [0.25, 0.3) is 0 Å². The second-order valence-electron chi connectivity index (χ2n) is 23.1. The molecule has 6 heteroatoms. The van der Waals surface area contributed by atoms with E-state index in [2.05, 4.69) is 93.7 Å². The van der Waals surface area contributed by atoms with E-state index in [0.29, 0.717) is 19.3 Å². The van der Waals surface area contributed by atoms with E-state index in [1.807, 2.05) is 0 Å². The first-order valence-corrected chi connectivity index (χ1v) is 34.4. The highest BCUT2D eigenvalue weighted by Gasteiger charge is 2.19. The molecule has 0 fully saturated rings. The molecule has 6 nitrogen and oxygen atoms in total. The summed E-state index contributed by atoms with van der Waals surface area (Å²) in [7, 11) is 0. The molecule has 0 aliphatic carbocycles. The van der Waals surface area contributed by atoms with Crippen LogP contribution in [0.3, 0.4) is 0 Å². The van der Waals surface area contributed by atoms with E-state index in [9.17, 15) is 14.4 Å². The Morgan fingerprint density at radius 2 is 0.456 bits per heavy atom. The van der Waals surface area contributed by atoms with Crippen LogP contribution in [0.1, 0.15) is 355 Å². The minimum absolute atomic E-state index is 0.0772. The number of hydrogen-bond acceptors (Lipinski definition) is 6. The minimum Gasteiger partial charge on any atom is -0.462 e. The van der Waals surface area contributed by atoms with E-state index in [4.69, 9.17) is 14.2 Å². The van der Waals surface area contributed by atoms with E-state index < -0.39 is 6.10 Å². The molecule has 1 unspecified atom stereocenters. The van der Waals surface area contributed by atoms with Gasteiger partial charge in [-0.25, -0.2) is 0 Å². The molecule has 0 saturated heterocycles. The molecule has 0 spiro atoms. The van der Waals surface area contributed by atoms with Gasteiger partial charge in [0, 0.05) is 19.3 Å². The molecule has 0 saturated carbocycles. The maximum atomic E-state index is 12.9. The first-order chi connectivity index (χ1) is 39.0. The van der Waals surface area contributed by atoms with E-state index in [1.165, 1.54) is 218 Å². The third-order valence-corrected chi connectivity index (χ3v) is 15.2. The summed E-state index contributed by atoms with van der Waals surface area (Å²) < 4.78 is 16.9. The molecule has 0 N–H and O–H groups in total. The molecule has 0 bridgehead atoms. The number of carbonyl (C=O) groups is 3. The van der Waals surface area contributed by atoms with Crippen LogP contribution < -0.4 is 0 Å². The number of esters is 3. The molecule has 0 aromatic rings. The summed E-state index contributed by atoms with van der Waals surface area (Å²) in [6.07, 6.45) is 87.9. The number of carbonyl (C=O) groups excluding carboxylic acids is 3. The SMILES string of the molecule is CCCCCCC/C=C\C/C=C\C/C=C\CCCCCCCCCCCCCCCCCCC(=O)OCC(COC(=O)CCCCCCCCCCC)OC(=O)CCCCCCCC/C=C\C/C=C\C/C=C\CCCCCCC. The predicted molar refractivity (Wildman–Crippen MR) is 344 cm³/mol. The van der Waals surface area contributed by atoms with Gasteiger partial charge in [0.05, 0.1) is 0 Å². The van der Waals surface area contributed by atoms with Crippen molar-refractivity contribution in [2.45, 2.75) is 361 Å². The molecule has 0 aliphatic rings. The Bertz CT molecular complexity index is 1450. The molecule has 458 valence electrons. The van der Waals surface area contributed by atoms with Crippen LogP contribution in [0.5, 0.6) is 0 Å². The van der Waals surface area contributed by atoms with Crippen LogP contribution in [0.15, 0.2) is 72.9 Å². The van der Waals surface area contributed by atoms with Gasteiger partial charge >= 0.3 is 17.9 Å². The predicted octanol–water partition coefficient (Wildman–Crippen LogP) is 23.7. The van der Waals surface area contributed by atoms with E-state index in [-0.39, 0.29) is 31.1 Å². The van der Waals surface area contributed by atoms with Crippen molar-refractivity contribution in [3.8, 4) is 0 Å². The Labute approximate surface area is 491 Å². The summed E-state index contributed by atoms with van der Waals surface area (Å²) in [5.41, 5.74) is 0. The monoisotopic (exact) mass is 1100 g/mol. The molecule has 79 heavy (non-hydrogen) atoms. The largest absolute Gasteiger partial charge is 0.462 e. The maximum absolute atomic E-state index is 12.9. The second-order valence-corrected chi connectivity index (χ2v) is 23.1. The zero-order chi connectivity index (χ0) is 57.1. The lowest BCUT2D eigenvalue weighted by Crippen LogP contribution is -2.30. The summed E-state index contributed by atoms with van der Waals surface area (Å²) in [6, 6.07) is 0. The van der Waals surface area contributed by atoms with Crippen molar-refractivity contribution in [1.82, 2.24) is 0 Å². The summed E-state index contributed by atoms with van der Waals surface area (Å²) in [6.45, 7) is 6.63. The Morgan fingerprint density at radius 3 is 0.709 bits per heavy atom. The first kappa shape index (κ1) is 75.8. The minimum atomic E-state index is -0.780. The molecule has 0 aromatic carbocycles. The van der Waals surface area contributed by atoms with Gasteiger partial charge in [0.1, 0.15) is 13.2 Å². The van der Waals surface area contributed by atoms with Crippen LogP contribution in [0.25, 0.3) is 0 Å². The van der Waals surface area contributed by atoms with Crippen LogP contribution >= 0.6 is 0 Å². The lowest BCUT2D eigenvalue weighted by Gasteiger charge is -2.18. The smallest absolute Gasteiger partial charge is 0.306 e. The second kappa shape index (κ2) is 67.4. The number of rotatable bonds is 63. The molecule has 1 atom stereocenters. The third kappa shape index (κ3) is 65.5. The Balaban J connectivity index is 4.14. The van der Waals surface area contributed by atoms with E-state index in [1.54, 1.807) is 0 Å². The van der Waals surface area contributed by atoms with Crippen LogP contribution in [-0.2, 0) is 28.6 Å². The third-order valence-electron chi connectivity index (χ3n) is 15.2. The summed E-state index contributed by atoms with van der Waals surface area (Å²) in [4.78, 5) is 38.2. The fourth-order valence-corrected chi connectivity index (χ4v) is 9.99. The molecule has 0 aliphatic heterocycles. The van der Waals surface area contributed by atoms with Crippen molar-refractivity contribution in [2.75, 3.05) is 13.2 Å². The van der Waals surface area contributed by atoms with Gasteiger partial charge < -0.3 is 14.2 Å². The highest BCUT2D eigenvalue weighted by Crippen LogP contribution is 2.17. The lowest BCUT2D eigenvalue weighted by molar-refractivity contribution is -0.167. The molecular weight excluding hydrogens is 973 g/mol. The van der Waals surface area contributed by atoms with Crippen LogP contribution in [0.2, 0.25) is 0 Å². The van der Waals surface area contributed by atoms with Gasteiger partial charge in [-0.1, -0.05) is 312 Å². The van der Waals surface area contributed by atoms with Crippen molar-refractivity contribution in [3.63, 3.8) is 0 Å². The van der Waals surface area contributed by atoms with Gasteiger partial charge in [-0.15, -0.1) is 0 Å². The fraction of sp³-hybridized carbons (Fsp3) is 0.795.